The molecular formula is C11H8BrClFN3OS. The van der Waals surface area contributed by atoms with Crippen LogP contribution in [0.2, 0.25) is 5.02 Å². The molecule has 1 aromatic carbocycles. The average molecular weight is 365 g/mol. The molecule has 0 unspecified atom stereocenters. The molecule has 0 atom stereocenters. The predicted molar refractivity (Wildman–Crippen MR) is 78.0 cm³/mol. The van der Waals surface area contributed by atoms with E-state index in [1.807, 2.05) is 0 Å². The molecule has 0 radical (unpaired) electrons. The van der Waals surface area contributed by atoms with Gasteiger partial charge in [0.2, 0.25) is 5.91 Å². The van der Waals surface area contributed by atoms with E-state index in [-0.39, 0.29) is 17.4 Å². The predicted octanol–water partition coefficient (Wildman–Crippen LogP) is 3.46. The topological polar surface area (TPSA) is 68.0 Å². The second-order valence-corrected chi connectivity index (χ2v) is 5.80. The summed E-state index contributed by atoms with van der Waals surface area (Å²) in [6, 6.07) is 2.35. The molecule has 2 rings (SSSR count). The average Bonchev–Trinajstić information content (AvgIpc) is 2.69. The summed E-state index contributed by atoms with van der Waals surface area (Å²) in [7, 11) is 0. The minimum atomic E-state index is -0.484. The van der Waals surface area contributed by atoms with Crippen LogP contribution in [-0.4, -0.2) is 10.9 Å². The third kappa shape index (κ3) is 3.65. The molecule has 0 aliphatic carbocycles. The first-order valence-corrected chi connectivity index (χ1v) is 7.15. The van der Waals surface area contributed by atoms with E-state index in [0.29, 0.717) is 21.0 Å². The fourth-order valence-corrected chi connectivity index (χ4v) is 2.88. The van der Waals surface area contributed by atoms with E-state index in [9.17, 15) is 9.18 Å². The highest BCUT2D eigenvalue weighted by molar-refractivity contribution is 9.10. The number of aromatic nitrogens is 1. The van der Waals surface area contributed by atoms with Gasteiger partial charge in [-0.3, -0.25) is 4.79 Å². The number of nitrogens with one attached hydrogen (secondary N) is 1. The number of halogens is 3. The lowest BCUT2D eigenvalue weighted by Gasteiger charge is -2.09. The van der Waals surface area contributed by atoms with Crippen molar-refractivity contribution in [1.82, 2.24) is 4.98 Å². The lowest BCUT2D eigenvalue weighted by molar-refractivity contribution is -0.115. The van der Waals surface area contributed by atoms with Gasteiger partial charge in [-0.05, 0) is 28.1 Å². The number of carbonyl (C=O) groups is 1. The molecule has 1 amide bonds. The summed E-state index contributed by atoms with van der Waals surface area (Å²) in [5.74, 6) is -0.790. The molecule has 3 N–H and O–H groups in total. The Balaban J connectivity index is 2.11. The molecule has 19 heavy (non-hydrogen) atoms. The Morgan fingerprint density at radius 1 is 1.58 bits per heavy atom. The molecule has 8 heteroatoms. The number of nitrogens with two attached hydrogens (primary N) is 1. The van der Waals surface area contributed by atoms with Crippen molar-refractivity contribution < 1.29 is 9.18 Å². The SMILES string of the molecule is Nc1nc(CC(=O)Nc2c(Cl)cc(F)cc2Br)cs1. The van der Waals surface area contributed by atoms with Crippen LogP contribution in [0, 0.1) is 5.82 Å². The zero-order valence-electron chi connectivity index (χ0n) is 9.41. The molecule has 0 fully saturated rings. The lowest BCUT2D eigenvalue weighted by Crippen LogP contribution is -2.15. The minimum Gasteiger partial charge on any atom is -0.375 e. The molecule has 1 heterocycles. The van der Waals surface area contributed by atoms with E-state index in [1.165, 1.54) is 17.4 Å². The maximum absolute atomic E-state index is 13.0. The number of carbonyl (C=O) groups excluding carboxylic acids is 1. The molecule has 1 aromatic heterocycles. The summed E-state index contributed by atoms with van der Waals surface area (Å²) < 4.78 is 13.4. The van der Waals surface area contributed by atoms with Gasteiger partial charge >= 0.3 is 0 Å². The first-order valence-electron chi connectivity index (χ1n) is 5.10. The van der Waals surface area contributed by atoms with Crippen molar-refractivity contribution in [2.24, 2.45) is 0 Å². The van der Waals surface area contributed by atoms with Crippen molar-refractivity contribution in [3.8, 4) is 0 Å². The van der Waals surface area contributed by atoms with Crippen molar-refractivity contribution in [2.75, 3.05) is 11.1 Å². The molecule has 0 aliphatic rings. The van der Waals surface area contributed by atoms with E-state index in [1.54, 1.807) is 5.38 Å². The number of thiazole rings is 1. The first-order chi connectivity index (χ1) is 8.95. The van der Waals surface area contributed by atoms with Gasteiger partial charge in [0.1, 0.15) is 5.82 Å². The molecule has 0 spiro atoms. The van der Waals surface area contributed by atoms with Crippen LogP contribution < -0.4 is 11.1 Å². The monoisotopic (exact) mass is 363 g/mol. The zero-order chi connectivity index (χ0) is 14.0. The molecule has 4 nitrogen and oxygen atoms in total. The molecule has 0 bridgehead atoms. The maximum Gasteiger partial charge on any atom is 0.230 e. The van der Waals surface area contributed by atoms with Crippen LogP contribution in [0.1, 0.15) is 5.69 Å². The summed E-state index contributed by atoms with van der Waals surface area (Å²) in [6.45, 7) is 0. The highest BCUT2D eigenvalue weighted by Crippen LogP contribution is 2.31. The standard InChI is InChI=1S/C11H8BrClFN3OS/c12-7-1-5(14)2-8(13)10(7)17-9(18)3-6-4-19-11(15)16-6/h1-2,4H,3H2,(H2,15,16)(H,17,18). The first kappa shape index (κ1) is 14.2. The third-order valence-electron chi connectivity index (χ3n) is 2.18. The molecule has 0 saturated carbocycles. The van der Waals surface area contributed by atoms with Crippen molar-refractivity contribution in [2.45, 2.75) is 6.42 Å². The van der Waals surface area contributed by atoms with Crippen LogP contribution >= 0.6 is 38.9 Å². The van der Waals surface area contributed by atoms with Gasteiger partial charge in [-0.25, -0.2) is 9.37 Å². The Morgan fingerprint density at radius 3 is 2.89 bits per heavy atom. The Labute approximate surface area is 125 Å². The molecule has 2 aromatic rings. The number of nitrogens with zero attached hydrogens (tertiary/aromatic N) is 1. The van der Waals surface area contributed by atoms with E-state index in [0.717, 1.165) is 6.07 Å². The summed E-state index contributed by atoms with van der Waals surface area (Å²) in [6.07, 6.45) is 0.0772. The van der Waals surface area contributed by atoms with Crippen LogP contribution in [0.5, 0.6) is 0 Å². The minimum absolute atomic E-state index is 0.0772. The van der Waals surface area contributed by atoms with Gasteiger partial charge in [0.15, 0.2) is 5.13 Å². The number of amides is 1. The molecular weight excluding hydrogens is 357 g/mol. The number of rotatable bonds is 3. The van der Waals surface area contributed by atoms with Crippen LogP contribution in [0.15, 0.2) is 22.0 Å². The smallest absolute Gasteiger partial charge is 0.230 e. The van der Waals surface area contributed by atoms with Gasteiger partial charge in [0, 0.05) is 9.85 Å². The number of hydrogen-bond donors (Lipinski definition) is 2. The largest absolute Gasteiger partial charge is 0.375 e. The Bertz CT molecular complexity index is 611. The van der Waals surface area contributed by atoms with Crippen LogP contribution in [0.4, 0.5) is 15.2 Å². The van der Waals surface area contributed by atoms with E-state index >= 15 is 0 Å². The van der Waals surface area contributed by atoms with Crippen molar-refractivity contribution >= 4 is 55.6 Å². The Morgan fingerprint density at radius 2 is 2.32 bits per heavy atom. The van der Waals surface area contributed by atoms with Crippen LogP contribution in [-0.2, 0) is 11.2 Å². The summed E-state index contributed by atoms with van der Waals surface area (Å²) >= 11 is 10.3. The zero-order valence-corrected chi connectivity index (χ0v) is 12.6. The Kier molecular flexibility index (Phi) is 4.38. The number of hydrogen-bond acceptors (Lipinski definition) is 4. The van der Waals surface area contributed by atoms with Crippen molar-refractivity contribution in [3.05, 3.63) is 38.5 Å². The van der Waals surface area contributed by atoms with Gasteiger partial charge in [-0.2, -0.15) is 0 Å². The van der Waals surface area contributed by atoms with E-state index in [4.69, 9.17) is 17.3 Å². The quantitative estimate of drug-likeness (QED) is 0.876. The lowest BCUT2D eigenvalue weighted by atomic mass is 10.2. The fourth-order valence-electron chi connectivity index (χ4n) is 1.41. The third-order valence-corrected chi connectivity index (χ3v) is 3.83. The van der Waals surface area contributed by atoms with Crippen LogP contribution in [0.3, 0.4) is 0 Å². The summed E-state index contributed by atoms with van der Waals surface area (Å²) in [5.41, 5.74) is 6.39. The second-order valence-electron chi connectivity index (χ2n) is 3.65. The summed E-state index contributed by atoms with van der Waals surface area (Å²) in [4.78, 5) is 15.8. The van der Waals surface area contributed by atoms with Gasteiger partial charge in [0.25, 0.3) is 0 Å². The van der Waals surface area contributed by atoms with Gasteiger partial charge in [-0.15, -0.1) is 11.3 Å². The van der Waals surface area contributed by atoms with Gasteiger partial charge < -0.3 is 11.1 Å². The number of nitrogen functional groups attached to an aromatic ring is 1. The van der Waals surface area contributed by atoms with Gasteiger partial charge in [-0.1, -0.05) is 11.6 Å². The number of benzene rings is 1. The normalized spacial score (nSPS) is 10.5. The van der Waals surface area contributed by atoms with Gasteiger partial charge in [0.05, 0.1) is 22.8 Å². The fraction of sp³-hybridized carbons (Fsp3) is 0.0909. The molecule has 100 valence electrons. The van der Waals surface area contributed by atoms with Crippen molar-refractivity contribution in [3.63, 3.8) is 0 Å². The Hall–Kier alpha value is -1.18. The molecule has 0 aliphatic heterocycles. The second kappa shape index (κ2) is 5.85. The highest BCUT2D eigenvalue weighted by atomic mass is 79.9. The van der Waals surface area contributed by atoms with E-state index < -0.39 is 5.82 Å². The molecule has 0 saturated heterocycles. The van der Waals surface area contributed by atoms with Crippen molar-refractivity contribution in [1.29, 1.82) is 0 Å². The van der Waals surface area contributed by atoms with E-state index in [2.05, 4.69) is 26.2 Å². The van der Waals surface area contributed by atoms with Crippen LogP contribution in [0.25, 0.3) is 0 Å². The highest BCUT2D eigenvalue weighted by Gasteiger charge is 2.13. The summed E-state index contributed by atoms with van der Waals surface area (Å²) in [5, 5.41) is 4.84. The maximum atomic E-state index is 13.0. The number of anilines is 2.